The van der Waals surface area contributed by atoms with Crippen LogP contribution in [0.25, 0.3) is 154 Å². The molecular weight excluding hydrogens is 1800 g/mol. The lowest BCUT2D eigenvalue weighted by Gasteiger charge is -2.30. The molecule has 0 saturated heterocycles. The molecule has 0 aromatic heterocycles. The fourth-order valence-electron chi connectivity index (χ4n) is 21.9. The van der Waals surface area contributed by atoms with Gasteiger partial charge in [-0.2, -0.15) is 0 Å². The van der Waals surface area contributed by atoms with E-state index in [-0.39, 0.29) is 23.0 Å². The normalized spacial score (nSPS) is 11.5. The molecule has 0 aliphatic rings. The Bertz CT molecular complexity index is 8470. The summed E-state index contributed by atoms with van der Waals surface area (Å²) in [6.45, 7) is 16.9. The lowest BCUT2D eigenvalue weighted by Crippen LogP contribution is -2.14. The largest absolute Gasteiger partial charge is 0.307 e. The molecule has 0 fully saturated rings. The summed E-state index contributed by atoms with van der Waals surface area (Å²) >= 11 is 0. The third-order valence-electron chi connectivity index (χ3n) is 29.0. The summed E-state index contributed by atoms with van der Waals surface area (Å²) in [5, 5.41) is 11.5. The highest BCUT2D eigenvalue weighted by Crippen LogP contribution is 2.55. The zero-order valence-corrected chi connectivity index (χ0v) is 81.8. The van der Waals surface area contributed by atoms with Gasteiger partial charge in [0.2, 0.25) is 0 Å². The molecule has 0 heterocycles. The van der Waals surface area contributed by atoms with Gasteiger partial charge in [0.25, 0.3) is 0 Å². The van der Waals surface area contributed by atoms with Gasteiger partial charge in [-0.15, -0.1) is 0 Å². The average Bonchev–Trinajstić information content (AvgIpc) is 0.715. The molecule has 24 rings (SSSR count). The van der Waals surface area contributed by atoms with E-state index in [1.54, 1.807) is 12.1 Å². The molecule has 0 unspecified atom stereocenters. The third-order valence-corrected chi connectivity index (χ3v) is 29.0. The first kappa shape index (κ1) is 91.9. The second-order valence-electron chi connectivity index (χ2n) is 38.2. The minimum Gasteiger partial charge on any atom is -0.307 e. The molecule has 0 aliphatic carbocycles. The van der Waals surface area contributed by atoms with Gasteiger partial charge in [0.05, 0.1) is 45.5 Å². The Morgan fingerprint density at radius 2 is 0.315 bits per heavy atom. The Morgan fingerprint density at radius 3 is 0.507 bits per heavy atom. The van der Waals surface area contributed by atoms with E-state index in [9.17, 15) is 8.78 Å². The quantitative estimate of drug-likeness (QED) is 0.0557. The predicted octanol–water partition coefficient (Wildman–Crippen LogP) is 39.7. The highest BCUT2D eigenvalue weighted by Gasteiger charge is 2.31. The Kier molecular flexibility index (Phi) is 24.0. The summed E-state index contributed by atoms with van der Waals surface area (Å²) in [7, 11) is 0. The first-order valence-electron chi connectivity index (χ1n) is 49.3. The Morgan fingerprint density at radius 1 is 0.144 bits per heavy atom. The van der Waals surface area contributed by atoms with Crippen LogP contribution >= 0.6 is 0 Å². The van der Waals surface area contributed by atoms with E-state index in [2.05, 4.69) is 356 Å². The summed E-state index contributed by atoms with van der Waals surface area (Å²) in [4.78, 5) is 7.97. The van der Waals surface area contributed by atoms with Crippen molar-refractivity contribution in [2.24, 2.45) is 0 Å². The molecule has 0 N–H and O–H groups in total. The average molecular weight is 1900 g/mol. The molecule has 24 aromatic rings. The van der Waals surface area contributed by atoms with Gasteiger partial charge in [0.15, 0.2) is 0 Å². The van der Waals surface area contributed by atoms with Gasteiger partial charge < -0.3 is 19.6 Å². The molecule has 146 heavy (non-hydrogen) atoms. The maximum Gasteiger partial charge on any atom is 0.150 e. The maximum absolute atomic E-state index is 16.7. The first-order valence-corrected chi connectivity index (χ1v) is 49.3. The van der Waals surface area contributed by atoms with Crippen LogP contribution in [0, 0.1) is 90.3 Å². The highest BCUT2D eigenvalue weighted by atomic mass is 19.2. The number of nitrogens with zero attached hydrogens (tertiary/aromatic N) is 4. The molecule has 0 bridgehead atoms. The highest BCUT2D eigenvalue weighted by molar-refractivity contribution is 6.30. The lowest BCUT2D eigenvalue weighted by molar-refractivity contribution is 0.583. The van der Waals surface area contributed by atoms with Crippen LogP contribution in [0.5, 0.6) is 0 Å². The smallest absolute Gasteiger partial charge is 0.150 e. The number of halogens is 6. The van der Waals surface area contributed by atoms with Gasteiger partial charge >= 0.3 is 0 Å². The van der Waals surface area contributed by atoms with Gasteiger partial charge in [-0.3, -0.25) is 0 Å². The van der Waals surface area contributed by atoms with Crippen molar-refractivity contribution >= 4 is 133 Å². The van der Waals surface area contributed by atoms with Crippen molar-refractivity contribution < 1.29 is 26.3 Å². The minimum absolute atomic E-state index is 0.177. The van der Waals surface area contributed by atoms with Crippen LogP contribution in [0.3, 0.4) is 0 Å². The second kappa shape index (κ2) is 38.2. The van der Waals surface area contributed by atoms with Crippen LogP contribution in [0.15, 0.2) is 449 Å². The number of hydrogen-bond donors (Lipinski definition) is 0. The number of anilines is 12. The molecule has 0 atom stereocenters. The van der Waals surface area contributed by atoms with E-state index in [4.69, 9.17) is 0 Å². The van der Waals surface area contributed by atoms with Gasteiger partial charge in [-0.25, -0.2) is 26.3 Å². The zero-order valence-electron chi connectivity index (χ0n) is 81.8. The van der Waals surface area contributed by atoms with Gasteiger partial charge in [0, 0.05) is 56.4 Å². The summed E-state index contributed by atoms with van der Waals surface area (Å²) in [6.07, 6.45) is 0. The van der Waals surface area contributed by atoms with E-state index in [0.717, 1.165) is 233 Å². The van der Waals surface area contributed by atoms with Crippen LogP contribution in [-0.2, 0) is 0 Å². The van der Waals surface area contributed by atoms with Crippen molar-refractivity contribution in [2.75, 3.05) is 19.6 Å². The Labute approximate surface area is 845 Å². The molecule has 4 nitrogen and oxygen atoms in total. The van der Waals surface area contributed by atoms with Gasteiger partial charge in [-0.05, 0) is 378 Å². The maximum atomic E-state index is 16.7. The molecular formula is C136H98F6N4. The number of benzene rings is 24. The predicted molar refractivity (Wildman–Crippen MR) is 600 cm³/mol. The standard InChI is InChI=1S/C68H48F4N2.C68H50F2N2/c1-41-13-5-9-17-55(41)47-33-48(56-18-10-6-14-42(56)2)36-53(35-47)73(65-31-25-51(69)39-61(65)71)63-29-23-45-22-28-60-64(30-24-46-21-27-59(63)67(45)68(46)60)74(66-32-26-52(70)40-62(66)72)54-37-49(57-19-11-7-15-43(57)3)34-50(38-54)58-20-12-8-16-44(58)4;1-43-17-5-9-21-55(43)49-37-50(56-22-10-6-18-44(56)2)40-53(39-49)71(65-27-15-13-25-61(65)69)63-35-31-47-30-34-60-64(36-32-48-29-33-59(63)67(47)68(48)60)72(66-28-16-14-26-62(66)70)54-41-51(57-23-11-7-19-45(57)3)38-52(42-54)58-24-12-8-20-46(58)4/h5-40H,1-4H3;5-42H,1-4H3. The molecule has 0 amide bonds. The van der Waals surface area contributed by atoms with Crippen molar-refractivity contribution in [3.8, 4) is 89.0 Å². The van der Waals surface area contributed by atoms with Crippen molar-refractivity contribution in [3.63, 3.8) is 0 Å². The van der Waals surface area contributed by atoms with E-state index >= 15 is 17.6 Å². The van der Waals surface area contributed by atoms with E-state index in [1.807, 2.05) is 107 Å². The Hall–Kier alpha value is -17.9. The van der Waals surface area contributed by atoms with Crippen molar-refractivity contribution in [1.82, 2.24) is 0 Å². The number of hydrogen-bond acceptors (Lipinski definition) is 4. The number of aryl methyl sites for hydroxylation is 8. The van der Waals surface area contributed by atoms with Crippen LogP contribution in [0.4, 0.5) is 94.6 Å². The Balaban J connectivity index is 0.000000161. The van der Waals surface area contributed by atoms with E-state index < -0.39 is 23.3 Å². The van der Waals surface area contributed by atoms with Crippen LogP contribution < -0.4 is 19.6 Å². The summed E-state index contributed by atoms with van der Waals surface area (Å²) in [5.41, 5.74) is 32.7. The van der Waals surface area contributed by atoms with Crippen molar-refractivity contribution in [2.45, 2.75) is 55.4 Å². The molecule has 24 aromatic carbocycles. The van der Waals surface area contributed by atoms with E-state index in [1.165, 1.54) is 36.4 Å². The summed E-state index contributed by atoms with van der Waals surface area (Å²) < 4.78 is 96.8. The van der Waals surface area contributed by atoms with Crippen LogP contribution in [0.2, 0.25) is 0 Å². The van der Waals surface area contributed by atoms with Crippen LogP contribution in [-0.4, -0.2) is 0 Å². The second-order valence-corrected chi connectivity index (χ2v) is 38.2. The minimum atomic E-state index is -0.716. The van der Waals surface area contributed by atoms with Crippen LogP contribution in [0.1, 0.15) is 44.5 Å². The molecule has 704 valence electrons. The van der Waals surface area contributed by atoms with Crippen molar-refractivity contribution in [1.29, 1.82) is 0 Å². The zero-order chi connectivity index (χ0) is 99.8. The SMILES string of the molecule is Cc1ccccc1-c1cc(-c2ccccc2C)cc(N(c2ccc(F)cc2F)c2ccc3ccc4c(N(c5cc(-c6ccccc6C)cc(-c6ccccc6C)c5)c5ccc(F)cc5F)ccc5ccc2c3c54)c1.Cc1ccccc1-c1cc(-c2ccccc2C)cc(N(c2ccccc2F)c2ccc3ccc4c(N(c5cc(-c6ccccc6C)cc(-c6ccccc6C)c5)c5ccccc5F)ccc5ccc2c3c54)c1. The van der Waals surface area contributed by atoms with Gasteiger partial charge in [0.1, 0.15) is 34.9 Å². The molecule has 0 saturated carbocycles. The number of para-hydroxylation sites is 2. The molecule has 0 spiro atoms. The fourth-order valence-corrected chi connectivity index (χ4v) is 21.9. The molecule has 10 heteroatoms. The fraction of sp³-hybridized carbons (Fsp3) is 0.0588. The molecule has 0 radical (unpaired) electrons. The van der Waals surface area contributed by atoms with Crippen molar-refractivity contribution in [3.05, 3.63) is 528 Å². The van der Waals surface area contributed by atoms with Gasteiger partial charge in [-0.1, -0.05) is 291 Å². The number of rotatable bonds is 20. The lowest BCUT2D eigenvalue weighted by atomic mass is 9.90. The van der Waals surface area contributed by atoms with E-state index in [0.29, 0.717) is 34.1 Å². The first-order chi connectivity index (χ1) is 71.2. The third kappa shape index (κ3) is 16.9. The summed E-state index contributed by atoms with van der Waals surface area (Å²) in [6, 6.07) is 148. The topological polar surface area (TPSA) is 13.0 Å². The summed E-state index contributed by atoms with van der Waals surface area (Å²) in [5.74, 6) is -3.45. The molecule has 0 aliphatic heterocycles. The monoisotopic (exact) mass is 1900 g/mol.